The summed E-state index contributed by atoms with van der Waals surface area (Å²) in [7, 11) is 0. The van der Waals surface area contributed by atoms with Crippen molar-refractivity contribution >= 4 is 32.8 Å². The van der Waals surface area contributed by atoms with E-state index in [2.05, 4.69) is 117 Å². The van der Waals surface area contributed by atoms with Crippen molar-refractivity contribution in [3.63, 3.8) is 0 Å². The van der Waals surface area contributed by atoms with Crippen LogP contribution < -0.4 is 0 Å². The molecule has 8 aromatic rings. The van der Waals surface area contributed by atoms with Gasteiger partial charge >= 0.3 is 0 Å². The average Bonchev–Trinajstić information content (AvgIpc) is 3.46. The van der Waals surface area contributed by atoms with Gasteiger partial charge in [-0.05, 0) is 94.4 Å². The molecule has 0 N–H and O–H groups in total. The van der Waals surface area contributed by atoms with Gasteiger partial charge in [0.15, 0.2) is 0 Å². The molecule has 50 heavy (non-hydrogen) atoms. The van der Waals surface area contributed by atoms with E-state index >= 15 is 0 Å². The third-order valence-electron chi connectivity index (χ3n) is 8.97. The van der Waals surface area contributed by atoms with Crippen LogP contribution in [0.3, 0.4) is 0 Å². The first-order valence-electron chi connectivity index (χ1n) is 16.7. The van der Waals surface area contributed by atoms with Crippen molar-refractivity contribution in [3.8, 4) is 33.6 Å². The molecule has 4 aromatic heterocycles. The van der Waals surface area contributed by atoms with Crippen LogP contribution in [0.25, 0.3) is 66.5 Å². The van der Waals surface area contributed by atoms with Gasteiger partial charge in [0.05, 0.1) is 5.58 Å². The maximum absolute atomic E-state index is 6.21. The van der Waals surface area contributed by atoms with Crippen molar-refractivity contribution in [1.29, 1.82) is 0 Å². The number of nitrogens with zero attached hydrogens (tertiary/aromatic N) is 3. The molecule has 0 aliphatic heterocycles. The van der Waals surface area contributed by atoms with Gasteiger partial charge < -0.3 is 14.4 Å². The summed E-state index contributed by atoms with van der Waals surface area (Å²) in [6.45, 7) is 14.9. The van der Waals surface area contributed by atoms with Gasteiger partial charge in [0.2, 0.25) is 5.71 Å². The molecule has 0 fully saturated rings. The molecule has 0 amide bonds. The summed E-state index contributed by atoms with van der Waals surface area (Å²) in [5, 5.41) is 4.54. The van der Waals surface area contributed by atoms with E-state index in [1.54, 1.807) is 0 Å². The molecule has 0 aliphatic rings. The number of benzene rings is 4. The molecule has 8 rings (SSSR count). The van der Waals surface area contributed by atoms with Gasteiger partial charge in [-0.15, -0.1) is 53.6 Å². The van der Waals surface area contributed by atoms with Crippen molar-refractivity contribution in [2.45, 2.75) is 53.9 Å². The zero-order valence-electron chi connectivity index (χ0n) is 29.5. The Labute approximate surface area is 308 Å². The monoisotopic (exact) mass is 830 g/mol. The van der Waals surface area contributed by atoms with Gasteiger partial charge in [-0.2, -0.15) is 0 Å². The van der Waals surface area contributed by atoms with E-state index in [0.29, 0.717) is 5.71 Å². The first-order valence-corrected chi connectivity index (χ1v) is 16.7. The van der Waals surface area contributed by atoms with Gasteiger partial charge in [0, 0.05) is 43.6 Å². The Hall–Kier alpha value is -4.96. The third kappa shape index (κ3) is 7.16. The minimum Gasteiger partial charge on any atom is -0.486 e. The third-order valence-corrected chi connectivity index (χ3v) is 8.97. The second-order valence-corrected chi connectivity index (χ2v) is 13.9. The average molecular weight is 830 g/mol. The Balaban J connectivity index is 0.000000242. The van der Waals surface area contributed by atoms with E-state index in [1.807, 2.05) is 62.6 Å². The first kappa shape index (κ1) is 34.9. The van der Waals surface area contributed by atoms with Crippen LogP contribution in [0, 0.1) is 39.8 Å². The second kappa shape index (κ2) is 14.1. The molecule has 0 saturated carbocycles. The van der Waals surface area contributed by atoms with Crippen LogP contribution in [-0.2, 0) is 25.5 Å². The van der Waals surface area contributed by atoms with Crippen LogP contribution in [0.15, 0.2) is 114 Å². The zero-order chi connectivity index (χ0) is 34.3. The molecule has 0 unspecified atom stereocenters. The van der Waals surface area contributed by atoms with Crippen molar-refractivity contribution in [2.24, 2.45) is 0 Å². The number of pyridine rings is 3. The summed E-state index contributed by atoms with van der Waals surface area (Å²) in [5.74, 6) is 0. The summed E-state index contributed by atoms with van der Waals surface area (Å²) in [4.78, 5) is 13.7. The quantitative estimate of drug-likeness (QED) is 0.166. The van der Waals surface area contributed by atoms with Gasteiger partial charge in [-0.1, -0.05) is 87.2 Å². The second-order valence-electron chi connectivity index (χ2n) is 13.9. The number of hydrogen-bond acceptors (Lipinski definition) is 4. The molecule has 251 valence electrons. The Morgan fingerprint density at radius 3 is 2.16 bits per heavy atom. The number of rotatable bonds is 3. The minimum absolute atomic E-state index is 0. The summed E-state index contributed by atoms with van der Waals surface area (Å²) in [6.07, 6.45) is 3.82. The van der Waals surface area contributed by atoms with E-state index in [0.717, 1.165) is 55.7 Å². The van der Waals surface area contributed by atoms with Crippen molar-refractivity contribution in [3.05, 3.63) is 150 Å². The standard InChI is InChI=1S/C32H27N2O.C13H12N.Ir/c1-19-18-33-29(27-8-6-7-25-26-14-9-20(2)34-31(26)35-30(25)27)17-28(19)23-11-10-22-16-24(32(3,4)5)13-12-21(22)15-23;1-10-3-6-12(7-4-10)13-8-5-11(2)9-14-13;/h6-7,9-18H,1-5H3;3-6,8-9H,1-2H3;/q2*-1;. The smallest absolute Gasteiger partial charge is 0.216 e. The van der Waals surface area contributed by atoms with Crippen LogP contribution in [0.2, 0.25) is 0 Å². The van der Waals surface area contributed by atoms with Gasteiger partial charge in [-0.3, -0.25) is 0 Å². The number of aromatic nitrogens is 3. The zero-order valence-corrected chi connectivity index (χ0v) is 31.9. The fraction of sp³-hybridized carbons (Fsp3) is 0.178. The Kier molecular flexibility index (Phi) is 9.84. The molecule has 0 spiro atoms. The van der Waals surface area contributed by atoms with Crippen LogP contribution in [0.5, 0.6) is 0 Å². The number of furan rings is 1. The fourth-order valence-corrected chi connectivity index (χ4v) is 6.05. The SMILES string of the molecule is Cc1c[c-]c(-c2ccc(C)cn2)cc1.Cc1ccc2c(n1)oc1c(-c3cc(-c4ccc5cc(C(C)(C)C)ccc5c4)c(C)cn3)[c-]ccc12.[Ir]. The molecular formula is C45H39IrN3O-2. The molecule has 0 atom stereocenters. The summed E-state index contributed by atoms with van der Waals surface area (Å²) in [6, 6.07) is 40.5. The number of fused-ring (bicyclic) bond motifs is 4. The Bertz CT molecular complexity index is 2410. The number of hydrogen-bond donors (Lipinski definition) is 0. The molecule has 4 aromatic carbocycles. The molecule has 0 aliphatic carbocycles. The largest absolute Gasteiger partial charge is 0.486 e. The van der Waals surface area contributed by atoms with Crippen LogP contribution in [0.4, 0.5) is 0 Å². The fourth-order valence-electron chi connectivity index (χ4n) is 6.05. The maximum Gasteiger partial charge on any atom is 0.216 e. The first-order chi connectivity index (χ1) is 23.5. The summed E-state index contributed by atoms with van der Waals surface area (Å²) < 4.78 is 6.21. The predicted molar refractivity (Wildman–Crippen MR) is 203 cm³/mol. The Morgan fingerprint density at radius 1 is 0.660 bits per heavy atom. The topological polar surface area (TPSA) is 51.8 Å². The van der Waals surface area contributed by atoms with E-state index < -0.39 is 0 Å². The van der Waals surface area contributed by atoms with Crippen LogP contribution >= 0.6 is 0 Å². The molecule has 4 nitrogen and oxygen atoms in total. The van der Waals surface area contributed by atoms with Crippen LogP contribution in [0.1, 0.15) is 48.7 Å². The minimum atomic E-state index is 0. The van der Waals surface area contributed by atoms with Crippen molar-refractivity contribution < 1.29 is 24.5 Å². The van der Waals surface area contributed by atoms with Crippen molar-refractivity contribution in [1.82, 2.24) is 15.0 Å². The predicted octanol–water partition coefficient (Wildman–Crippen LogP) is 11.7. The normalized spacial score (nSPS) is 11.3. The van der Waals surface area contributed by atoms with Gasteiger partial charge in [0.25, 0.3) is 0 Å². The molecule has 5 heteroatoms. The van der Waals surface area contributed by atoms with Crippen molar-refractivity contribution in [2.75, 3.05) is 0 Å². The van der Waals surface area contributed by atoms with E-state index in [4.69, 9.17) is 9.40 Å². The molecule has 4 heterocycles. The van der Waals surface area contributed by atoms with Gasteiger partial charge in [-0.25, -0.2) is 4.98 Å². The summed E-state index contributed by atoms with van der Waals surface area (Å²) >= 11 is 0. The molecular weight excluding hydrogens is 791 g/mol. The summed E-state index contributed by atoms with van der Waals surface area (Å²) in [5.41, 5.74) is 13.4. The molecule has 0 saturated heterocycles. The maximum atomic E-state index is 6.21. The molecule has 1 radical (unpaired) electrons. The Morgan fingerprint density at radius 2 is 1.42 bits per heavy atom. The van der Waals surface area contributed by atoms with Crippen LogP contribution in [-0.4, -0.2) is 15.0 Å². The number of aryl methyl sites for hydroxylation is 4. The van der Waals surface area contributed by atoms with E-state index in [1.165, 1.54) is 33.0 Å². The van der Waals surface area contributed by atoms with E-state index in [-0.39, 0.29) is 25.5 Å². The van der Waals surface area contributed by atoms with Gasteiger partial charge in [0.1, 0.15) is 0 Å². The van der Waals surface area contributed by atoms with E-state index in [9.17, 15) is 0 Å². The molecule has 0 bridgehead atoms.